The second-order valence-electron chi connectivity index (χ2n) is 2.89. The normalized spacial score (nSPS) is 14.8. The smallest absolute Gasteiger partial charge is 0.0978 e. The van der Waals surface area contributed by atoms with Crippen LogP contribution in [0.3, 0.4) is 0 Å². The number of rotatable bonds is 2. The zero-order valence-electron chi connectivity index (χ0n) is 6.99. The van der Waals surface area contributed by atoms with Crippen molar-refractivity contribution >= 4 is 0 Å². The molecule has 62 valence electrons. The molecular formula is C10H11NO. The molecule has 1 N–H and O–H groups in total. The number of hydrogen-bond donors (Lipinski definition) is 1. The first-order valence-corrected chi connectivity index (χ1v) is 3.73. The van der Waals surface area contributed by atoms with Crippen LogP contribution in [0.1, 0.15) is 18.9 Å². The summed E-state index contributed by atoms with van der Waals surface area (Å²) in [6.07, 6.45) is 8.72. The Hall–Kier alpha value is -1.33. The Morgan fingerprint density at radius 1 is 1.58 bits per heavy atom. The van der Waals surface area contributed by atoms with E-state index in [1.54, 1.807) is 31.5 Å². The lowest BCUT2D eigenvalue weighted by atomic mass is 9.94. The third kappa shape index (κ3) is 1.84. The van der Waals surface area contributed by atoms with E-state index in [1.165, 1.54) is 0 Å². The summed E-state index contributed by atoms with van der Waals surface area (Å²) < 4.78 is 0. The van der Waals surface area contributed by atoms with Gasteiger partial charge >= 0.3 is 0 Å². The van der Waals surface area contributed by atoms with Crippen molar-refractivity contribution in [2.75, 3.05) is 0 Å². The molecule has 1 aromatic heterocycles. The van der Waals surface area contributed by atoms with E-state index in [4.69, 9.17) is 6.42 Å². The van der Waals surface area contributed by atoms with Crippen molar-refractivity contribution < 1.29 is 5.11 Å². The molecule has 1 atom stereocenters. The second kappa shape index (κ2) is 3.38. The molecule has 0 saturated heterocycles. The van der Waals surface area contributed by atoms with E-state index in [0.29, 0.717) is 6.42 Å². The van der Waals surface area contributed by atoms with E-state index in [0.717, 1.165) is 5.56 Å². The number of aromatic nitrogens is 1. The Labute approximate surface area is 72.3 Å². The lowest BCUT2D eigenvalue weighted by Crippen LogP contribution is -2.19. The van der Waals surface area contributed by atoms with Crippen LogP contribution in [0, 0.1) is 12.3 Å². The minimum Gasteiger partial charge on any atom is -0.384 e. The Balaban J connectivity index is 2.91. The van der Waals surface area contributed by atoms with Crippen LogP contribution >= 0.6 is 0 Å². The molecule has 0 bridgehead atoms. The zero-order chi connectivity index (χ0) is 9.03. The van der Waals surface area contributed by atoms with Crippen molar-refractivity contribution in [2.24, 2.45) is 0 Å². The summed E-state index contributed by atoms with van der Waals surface area (Å²) in [5.41, 5.74) is -0.132. The van der Waals surface area contributed by atoms with Gasteiger partial charge in [0.1, 0.15) is 0 Å². The minimum atomic E-state index is -0.933. The maximum Gasteiger partial charge on any atom is 0.0978 e. The summed E-state index contributed by atoms with van der Waals surface area (Å²) in [6, 6.07) is 3.52. The van der Waals surface area contributed by atoms with E-state index in [-0.39, 0.29) is 0 Å². The van der Waals surface area contributed by atoms with E-state index < -0.39 is 5.60 Å². The third-order valence-electron chi connectivity index (χ3n) is 1.75. The lowest BCUT2D eigenvalue weighted by Gasteiger charge is -2.20. The van der Waals surface area contributed by atoms with Gasteiger partial charge in [0, 0.05) is 18.8 Å². The maximum atomic E-state index is 9.82. The molecule has 1 heterocycles. The van der Waals surface area contributed by atoms with Crippen LogP contribution in [-0.4, -0.2) is 10.1 Å². The molecule has 2 heteroatoms. The fourth-order valence-electron chi connectivity index (χ4n) is 1.01. The van der Waals surface area contributed by atoms with Gasteiger partial charge in [0.2, 0.25) is 0 Å². The summed E-state index contributed by atoms with van der Waals surface area (Å²) in [7, 11) is 0. The summed E-state index contributed by atoms with van der Waals surface area (Å²) in [5, 5.41) is 9.82. The molecule has 1 rings (SSSR count). The standard InChI is InChI=1S/C10H11NO/c1-3-6-10(2,12)9-4-7-11-8-5-9/h1,4-5,7-8,12H,6H2,2H3. The van der Waals surface area contributed by atoms with Crippen molar-refractivity contribution in [1.82, 2.24) is 4.98 Å². The van der Waals surface area contributed by atoms with Crippen molar-refractivity contribution in [3.05, 3.63) is 30.1 Å². The Kier molecular flexibility index (Phi) is 2.47. The van der Waals surface area contributed by atoms with Gasteiger partial charge in [0.25, 0.3) is 0 Å². The Morgan fingerprint density at radius 3 is 2.67 bits per heavy atom. The Morgan fingerprint density at radius 2 is 2.17 bits per heavy atom. The number of terminal acetylenes is 1. The minimum absolute atomic E-state index is 0.316. The fraction of sp³-hybridized carbons (Fsp3) is 0.300. The molecule has 0 amide bonds. The number of nitrogens with zero attached hydrogens (tertiary/aromatic N) is 1. The van der Waals surface area contributed by atoms with Crippen LogP contribution in [0.15, 0.2) is 24.5 Å². The highest BCUT2D eigenvalue weighted by Crippen LogP contribution is 2.22. The van der Waals surface area contributed by atoms with Crippen LogP contribution in [0.5, 0.6) is 0 Å². The quantitative estimate of drug-likeness (QED) is 0.663. The topological polar surface area (TPSA) is 33.1 Å². The zero-order valence-corrected chi connectivity index (χ0v) is 6.99. The highest BCUT2D eigenvalue weighted by molar-refractivity contribution is 5.19. The lowest BCUT2D eigenvalue weighted by molar-refractivity contribution is 0.0629. The van der Waals surface area contributed by atoms with Crippen LogP contribution in [0.25, 0.3) is 0 Å². The summed E-state index contributed by atoms with van der Waals surface area (Å²) in [4.78, 5) is 3.86. The largest absolute Gasteiger partial charge is 0.384 e. The summed E-state index contributed by atoms with van der Waals surface area (Å²) in [6.45, 7) is 1.70. The third-order valence-corrected chi connectivity index (χ3v) is 1.75. The van der Waals surface area contributed by atoms with E-state index in [1.807, 2.05) is 0 Å². The van der Waals surface area contributed by atoms with Crippen LogP contribution in [0.2, 0.25) is 0 Å². The number of aliphatic hydroxyl groups is 1. The van der Waals surface area contributed by atoms with Gasteiger partial charge < -0.3 is 5.11 Å². The molecular weight excluding hydrogens is 150 g/mol. The highest BCUT2D eigenvalue weighted by atomic mass is 16.3. The first kappa shape index (κ1) is 8.76. The average molecular weight is 161 g/mol. The average Bonchev–Trinajstić information content (AvgIpc) is 2.06. The SMILES string of the molecule is C#CCC(C)(O)c1ccncc1. The second-order valence-corrected chi connectivity index (χ2v) is 2.89. The molecule has 0 aliphatic heterocycles. The van der Waals surface area contributed by atoms with Crippen molar-refractivity contribution in [2.45, 2.75) is 18.9 Å². The number of hydrogen-bond acceptors (Lipinski definition) is 2. The molecule has 2 nitrogen and oxygen atoms in total. The molecule has 0 fully saturated rings. The van der Waals surface area contributed by atoms with Crippen molar-refractivity contribution in [3.8, 4) is 12.3 Å². The van der Waals surface area contributed by atoms with Gasteiger partial charge in [-0.05, 0) is 24.6 Å². The molecule has 0 saturated carbocycles. The van der Waals surface area contributed by atoms with Gasteiger partial charge in [0.15, 0.2) is 0 Å². The molecule has 0 aromatic carbocycles. The molecule has 12 heavy (non-hydrogen) atoms. The van der Waals surface area contributed by atoms with E-state index in [2.05, 4.69) is 10.9 Å². The summed E-state index contributed by atoms with van der Waals surface area (Å²) >= 11 is 0. The van der Waals surface area contributed by atoms with Gasteiger partial charge in [-0.3, -0.25) is 4.98 Å². The van der Waals surface area contributed by atoms with Gasteiger partial charge in [0.05, 0.1) is 5.60 Å². The van der Waals surface area contributed by atoms with Crippen LogP contribution in [-0.2, 0) is 5.60 Å². The van der Waals surface area contributed by atoms with E-state index >= 15 is 0 Å². The predicted molar refractivity (Wildman–Crippen MR) is 47.3 cm³/mol. The molecule has 0 radical (unpaired) electrons. The van der Waals surface area contributed by atoms with Gasteiger partial charge in [-0.1, -0.05) is 0 Å². The molecule has 0 spiro atoms. The van der Waals surface area contributed by atoms with Gasteiger partial charge in [-0.25, -0.2) is 0 Å². The van der Waals surface area contributed by atoms with Crippen LogP contribution < -0.4 is 0 Å². The van der Waals surface area contributed by atoms with Gasteiger partial charge in [-0.15, -0.1) is 12.3 Å². The highest BCUT2D eigenvalue weighted by Gasteiger charge is 2.20. The molecule has 0 aliphatic rings. The van der Waals surface area contributed by atoms with Gasteiger partial charge in [-0.2, -0.15) is 0 Å². The monoisotopic (exact) mass is 161 g/mol. The summed E-state index contributed by atoms with van der Waals surface area (Å²) in [5.74, 6) is 2.44. The van der Waals surface area contributed by atoms with Crippen molar-refractivity contribution in [3.63, 3.8) is 0 Å². The molecule has 1 aromatic rings. The van der Waals surface area contributed by atoms with Crippen molar-refractivity contribution in [1.29, 1.82) is 0 Å². The molecule has 0 aliphatic carbocycles. The molecule has 1 unspecified atom stereocenters. The Bertz CT molecular complexity index is 284. The number of pyridine rings is 1. The van der Waals surface area contributed by atoms with Crippen LogP contribution in [0.4, 0.5) is 0 Å². The first-order chi connectivity index (χ1) is 5.67. The maximum absolute atomic E-state index is 9.82. The van der Waals surface area contributed by atoms with E-state index in [9.17, 15) is 5.11 Å². The fourth-order valence-corrected chi connectivity index (χ4v) is 1.01. The first-order valence-electron chi connectivity index (χ1n) is 3.73. The predicted octanol–water partition coefficient (Wildman–Crippen LogP) is 1.31.